The Morgan fingerprint density at radius 1 is 1.33 bits per heavy atom. The van der Waals surface area contributed by atoms with E-state index in [1.54, 1.807) is 6.33 Å². The highest BCUT2D eigenvalue weighted by Crippen LogP contribution is 2.27. The summed E-state index contributed by atoms with van der Waals surface area (Å²) < 4.78 is 3.11. The molecule has 0 aliphatic heterocycles. The van der Waals surface area contributed by atoms with Gasteiger partial charge in [-0.3, -0.25) is 4.68 Å². The minimum Gasteiger partial charge on any atom is -0.310 e. The first-order valence-corrected chi connectivity index (χ1v) is 8.31. The van der Waals surface area contributed by atoms with Crippen LogP contribution in [-0.2, 0) is 13.0 Å². The summed E-state index contributed by atoms with van der Waals surface area (Å²) in [4.78, 5) is 4.41. The van der Waals surface area contributed by atoms with E-state index in [1.165, 1.54) is 11.1 Å². The summed E-state index contributed by atoms with van der Waals surface area (Å²) in [6.45, 7) is 8.25. The van der Waals surface area contributed by atoms with E-state index in [9.17, 15) is 0 Å². The van der Waals surface area contributed by atoms with Crippen molar-refractivity contribution in [2.75, 3.05) is 6.54 Å². The second kappa shape index (κ2) is 7.71. The predicted octanol–water partition coefficient (Wildman–Crippen LogP) is 3.65. The third-order valence-electron chi connectivity index (χ3n) is 3.55. The molecule has 21 heavy (non-hydrogen) atoms. The van der Waals surface area contributed by atoms with Crippen molar-refractivity contribution < 1.29 is 0 Å². The minimum absolute atomic E-state index is 0.244. The van der Waals surface area contributed by atoms with Gasteiger partial charge >= 0.3 is 0 Å². The van der Waals surface area contributed by atoms with E-state index < -0.39 is 0 Å². The maximum Gasteiger partial charge on any atom is 0.138 e. The molecule has 1 unspecified atom stereocenters. The summed E-state index contributed by atoms with van der Waals surface area (Å²) in [7, 11) is 0. The molecular formula is C16H23BrN4. The fourth-order valence-electron chi connectivity index (χ4n) is 2.43. The van der Waals surface area contributed by atoms with Crippen molar-refractivity contribution in [3.05, 3.63) is 46.0 Å². The normalized spacial score (nSPS) is 12.6. The standard InChI is InChI=1S/C16H23BrN4/c1-4-8-18-15(10-16-19-11-20-21(16)5-2)13-9-12(3)6-7-14(13)17/h6-7,9,11,15,18H,4-5,8,10H2,1-3H3. The molecule has 1 aromatic carbocycles. The Kier molecular flexibility index (Phi) is 5.94. The van der Waals surface area contributed by atoms with Crippen molar-refractivity contribution in [3.63, 3.8) is 0 Å². The number of nitrogens with zero attached hydrogens (tertiary/aromatic N) is 3. The van der Waals surface area contributed by atoms with Crippen LogP contribution in [0.5, 0.6) is 0 Å². The third-order valence-corrected chi connectivity index (χ3v) is 4.27. The van der Waals surface area contributed by atoms with Crippen LogP contribution in [0.2, 0.25) is 0 Å². The van der Waals surface area contributed by atoms with Gasteiger partial charge in [-0.25, -0.2) is 4.98 Å². The van der Waals surface area contributed by atoms with E-state index in [0.717, 1.165) is 36.2 Å². The predicted molar refractivity (Wildman–Crippen MR) is 89.3 cm³/mol. The SMILES string of the molecule is CCCNC(Cc1ncnn1CC)c1cc(C)ccc1Br. The van der Waals surface area contributed by atoms with Gasteiger partial charge in [0.1, 0.15) is 12.2 Å². The van der Waals surface area contributed by atoms with Crippen LogP contribution in [0.1, 0.15) is 43.3 Å². The average molecular weight is 351 g/mol. The molecule has 0 amide bonds. The highest BCUT2D eigenvalue weighted by Gasteiger charge is 2.17. The zero-order valence-electron chi connectivity index (χ0n) is 12.9. The van der Waals surface area contributed by atoms with Crippen molar-refractivity contribution in [1.82, 2.24) is 20.1 Å². The maximum absolute atomic E-state index is 4.41. The largest absolute Gasteiger partial charge is 0.310 e. The highest BCUT2D eigenvalue weighted by molar-refractivity contribution is 9.10. The molecule has 0 bridgehead atoms. The maximum atomic E-state index is 4.41. The molecule has 114 valence electrons. The Bertz CT molecular complexity index is 579. The monoisotopic (exact) mass is 350 g/mol. The van der Waals surface area contributed by atoms with E-state index in [0.29, 0.717) is 0 Å². The first-order chi connectivity index (χ1) is 10.2. The quantitative estimate of drug-likeness (QED) is 0.828. The van der Waals surface area contributed by atoms with Gasteiger partial charge in [-0.1, -0.05) is 40.5 Å². The number of nitrogens with one attached hydrogen (secondary N) is 1. The van der Waals surface area contributed by atoms with Crippen LogP contribution in [0, 0.1) is 6.92 Å². The Hall–Kier alpha value is -1.20. The molecule has 0 saturated heterocycles. The fourth-order valence-corrected chi connectivity index (χ4v) is 2.96. The Morgan fingerprint density at radius 2 is 2.14 bits per heavy atom. The second-order valence-electron chi connectivity index (χ2n) is 5.23. The van der Waals surface area contributed by atoms with Crippen molar-refractivity contribution in [2.45, 2.75) is 46.2 Å². The van der Waals surface area contributed by atoms with Gasteiger partial charge in [0, 0.05) is 23.5 Å². The molecule has 0 fully saturated rings. The van der Waals surface area contributed by atoms with Crippen LogP contribution in [0.4, 0.5) is 0 Å². The molecule has 0 radical (unpaired) electrons. The van der Waals surface area contributed by atoms with Crippen molar-refractivity contribution in [2.24, 2.45) is 0 Å². The lowest BCUT2D eigenvalue weighted by Crippen LogP contribution is -2.26. The van der Waals surface area contributed by atoms with Gasteiger partial charge in [0.25, 0.3) is 0 Å². The van der Waals surface area contributed by atoms with Crippen molar-refractivity contribution in [1.29, 1.82) is 0 Å². The van der Waals surface area contributed by atoms with Crippen LogP contribution in [0.25, 0.3) is 0 Å². The van der Waals surface area contributed by atoms with Crippen LogP contribution in [-0.4, -0.2) is 21.3 Å². The number of aromatic nitrogens is 3. The van der Waals surface area contributed by atoms with Crippen molar-refractivity contribution in [3.8, 4) is 0 Å². The van der Waals surface area contributed by atoms with Gasteiger partial charge in [-0.15, -0.1) is 0 Å². The number of benzene rings is 1. The van der Waals surface area contributed by atoms with Crippen LogP contribution >= 0.6 is 15.9 Å². The zero-order chi connectivity index (χ0) is 15.2. The number of hydrogen-bond acceptors (Lipinski definition) is 3. The number of halogens is 1. The molecule has 1 N–H and O–H groups in total. The lowest BCUT2D eigenvalue weighted by molar-refractivity contribution is 0.495. The van der Waals surface area contributed by atoms with Gasteiger partial charge in [0.05, 0.1) is 0 Å². The van der Waals surface area contributed by atoms with E-state index in [1.807, 2.05) is 4.68 Å². The van der Waals surface area contributed by atoms with Gasteiger partial charge < -0.3 is 5.32 Å². The Morgan fingerprint density at radius 3 is 2.86 bits per heavy atom. The van der Waals surface area contributed by atoms with Crippen LogP contribution in [0.15, 0.2) is 29.0 Å². The first kappa shape index (κ1) is 16.2. The number of aryl methyl sites for hydroxylation is 2. The topological polar surface area (TPSA) is 42.7 Å². The lowest BCUT2D eigenvalue weighted by atomic mass is 10.0. The van der Waals surface area contributed by atoms with Gasteiger partial charge in [0.2, 0.25) is 0 Å². The molecule has 0 saturated carbocycles. The lowest BCUT2D eigenvalue weighted by Gasteiger charge is -2.20. The molecule has 1 atom stereocenters. The molecule has 0 aliphatic carbocycles. The molecule has 2 rings (SSSR count). The average Bonchev–Trinajstić information content (AvgIpc) is 2.93. The highest BCUT2D eigenvalue weighted by atomic mass is 79.9. The van der Waals surface area contributed by atoms with Gasteiger partial charge in [0.15, 0.2) is 0 Å². The summed E-state index contributed by atoms with van der Waals surface area (Å²) in [6, 6.07) is 6.73. The Labute approximate surface area is 135 Å². The van der Waals surface area contributed by atoms with E-state index >= 15 is 0 Å². The number of hydrogen-bond donors (Lipinski definition) is 1. The minimum atomic E-state index is 0.244. The summed E-state index contributed by atoms with van der Waals surface area (Å²) in [5.74, 6) is 1.03. The Balaban J connectivity index is 2.27. The molecule has 5 heteroatoms. The van der Waals surface area contributed by atoms with Gasteiger partial charge in [-0.2, -0.15) is 5.10 Å². The summed E-state index contributed by atoms with van der Waals surface area (Å²) in [5, 5.41) is 7.90. The fraction of sp³-hybridized carbons (Fsp3) is 0.500. The second-order valence-corrected chi connectivity index (χ2v) is 6.08. The van der Waals surface area contributed by atoms with Crippen LogP contribution in [0.3, 0.4) is 0 Å². The molecule has 0 aliphatic rings. The van der Waals surface area contributed by atoms with Crippen LogP contribution < -0.4 is 5.32 Å². The zero-order valence-corrected chi connectivity index (χ0v) is 14.5. The van der Waals surface area contributed by atoms with E-state index in [-0.39, 0.29) is 6.04 Å². The van der Waals surface area contributed by atoms with Crippen molar-refractivity contribution >= 4 is 15.9 Å². The molecule has 4 nitrogen and oxygen atoms in total. The number of rotatable bonds is 7. The van der Waals surface area contributed by atoms with E-state index in [2.05, 4.69) is 70.3 Å². The van der Waals surface area contributed by atoms with Gasteiger partial charge in [-0.05, 0) is 38.4 Å². The smallest absolute Gasteiger partial charge is 0.138 e. The first-order valence-electron chi connectivity index (χ1n) is 7.51. The van der Waals surface area contributed by atoms with E-state index in [4.69, 9.17) is 0 Å². The third kappa shape index (κ3) is 4.14. The molecular weight excluding hydrogens is 328 g/mol. The summed E-state index contributed by atoms with van der Waals surface area (Å²) in [6.07, 6.45) is 3.59. The summed E-state index contributed by atoms with van der Waals surface area (Å²) in [5.41, 5.74) is 2.56. The molecule has 2 aromatic rings. The molecule has 0 spiro atoms. The molecule has 1 aromatic heterocycles. The molecule has 1 heterocycles. The summed E-state index contributed by atoms with van der Waals surface area (Å²) >= 11 is 3.68.